The van der Waals surface area contributed by atoms with Gasteiger partial charge in [0.1, 0.15) is 13.2 Å². The molecule has 0 N–H and O–H groups in total. The van der Waals surface area contributed by atoms with Crippen LogP contribution in [0.25, 0.3) is 0 Å². The summed E-state index contributed by atoms with van der Waals surface area (Å²) < 4.78 is 16.7. The monoisotopic (exact) mass is 787 g/mol. The fourth-order valence-electron chi connectivity index (χ4n) is 6.77. The lowest BCUT2D eigenvalue weighted by Gasteiger charge is -2.18. The predicted octanol–water partition coefficient (Wildman–Crippen LogP) is 15.4. The van der Waals surface area contributed by atoms with Crippen LogP contribution >= 0.6 is 0 Å². The predicted molar refractivity (Wildman–Crippen MR) is 238 cm³/mol. The first-order chi connectivity index (χ1) is 27.5. The summed E-state index contributed by atoms with van der Waals surface area (Å²) in [6, 6.07) is 0. The van der Waals surface area contributed by atoms with Gasteiger partial charge in [-0.05, 0) is 70.6 Å². The molecule has 1 unspecified atom stereocenters. The molecule has 56 heavy (non-hydrogen) atoms. The molecule has 0 saturated heterocycles. The van der Waals surface area contributed by atoms with E-state index in [1.807, 2.05) is 0 Å². The fourth-order valence-corrected chi connectivity index (χ4v) is 6.77. The first kappa shape index (κ1) is 53.6. The zero-order valence-corrected chi connectivity index (χ0v) is 37.2. The molecule has 0 rings (SSSR count). The van der Waals surface area contributed by atoms with Gasteiger partial charge in [-0.25, -0.2) is 0 Å². The maximum atomic E-state index is 12.7. The van der Waals surface area contributed by atoms with Crippen molar-refractivity contribution in [2.24, 2.45) is 0 Å². The van der Waals surface area contributed by atoms with E-state index in [2.05, 4.69) is 57.2 Å². The Morgan fingerprint density at radius 3 is 1.11 bits per heavy atom. The Bertz CT molecular complexity index is 953. The van der Waals surface area contributed by atoms with Crippen molar-refractivity contribution in [2.75, 3.05) is 13.2 Å². The van der Waals surface area contributed by atoms with Crippen LogP contribution in [0.4, 0.5) is 0 Å². The summed E-state index contributed by atoms with van der Waals surface area (Å²) >= 11 is 0. The molecule has 0 radical (unpaired) electrons. The third-order valence-electron chi connectivity index (χ3n) is 10.4. The molecule has 0 aromatic carbocycles. The van der Waals surface area contributed by atoms with Gasteiger partial charge in [-0.3, -0.25) is 14.4 Å². The summed E-state index contributed by atoms with van der Waals surface area (Å²) in [5.74, 6) is -0.900. The summed E-state index contributed by atoms with van der Waals surface area (Å²) in [4.78, 5) is 37.8. The first-order valence-corrected chi connectivity index (χ1v) is 24.0. The van der Waals surface area contributed by atoms with Crippen LogP contribution in [0, 0.1) is 0 Å². The van der Waals surface area contributed by atoms with Gasteiger partial charge in [-0.2, -0.15) is 0 Å². The van der Waals surface area contributed by atoms with Crippen molar-refractivity contribution in [1.82, 2.24) is 0 Å². The molecular weight excluding hydrogens is 697 g/mol. The molecule has 0 spiro atoms. The maximum absolute atomic E-state index is 12.7. The van der Waals surface area contributed by atoms with E-state index in [9.17, 15) is 14.4 Å². The van der Waals surface area contributed by atoms with Crippen LogP contribution in [0.2, 0.25) is 0 Å². The van der Waals surface area contributed by atoms with Crippen molar-refractivity contribution >= 4 is 17.9 Å². The van der Waals surface area contributed by atoms with Gasteiger partial charge in [0, 0.05) is 19.3 Å². The largest absolute Gasteiger partial charge is 0.462 e. The minimum absolute atomic E-state index is 0.0785. The van der Waals surface area contributed by atoms with Crippen molar-refractivity contribution in [2.45, 2.75) is 252 Å². The zero-order valence-electron chi connectivity index (χ0n) is 37.2. The Kier molecular flexibility index (Phi) is 43.4. The van der Waals surface area contributed by atoms with Gasteiger partial charge in [0.2, 0.25) is 0 Å². The number of ether oxygens (including phenoxy) is 3. The third kappa shape index (κ3) is 42.8. The van der Waals surface area contributed by atoms with E-state index < -0.39 is 6.10 Å². The molecular formula is C50H90O6. The minimum Gasteiger partial charge on any atom is -0.462 e. The van der Waals surface area contributed by atoms with Crippen LogP contribution < -0.4 is 0 Å². The Labute approximate surface area is 346 Å². The molecule has 6 heteroatoms. The van der Waals surface area contributed by atoms with Crippen molar-refractivity contribution in [3.05, 3.63) is 36.5 Å². The molecule has 0 aliphatic carbocycles. The van der Waals surface area contributed by atoms with Crippen LogP contribution in [0.5, 0.6) is 0 Å². The second-order valence-electron chi connectivity index (χ2n) is 16.0. The molecule has 6 nitrogen and oxygen atoms in total. The van der Waals surface area contributed by atoms with E-state index in [1.165, 1.54) is 116 Å². The first-order valence-electron chi connectivity index (χ1n) is 24.0. The second-order valence-corrected chi connectivity index (χ2v) is 16.0. The number of esters is 3. The lowest BCUT2D eigenvalue weighted by Crippen LogP contribution is -2.30. The molecule has 1 atom stereocenters. The second kappa shape index (κ2) is 45.3. The third-order valence-corrected chi connectivity index (χ3v) is 10.4. The average Bonchev–Trinajstić information content (AvgIpc) is 3.19. The summed E-state index contributed by atoms with van der Waals surface area (Å²) in [6.45, 7) is 6.50. The van der Waals surface area contributed by atoms with Crippen LogP contribution in [-0.2, 0) is 28.6 Å². The Morgan fingerprint density at radius 1 is 0.375 bits per heavy atom. The van der Waals surface area contributed by atoms with Gasteiger partial charge in [-0.15, -0.1) is 0 Å². The number of unbranched alkanes of at least 4 members (excludes halogenated alkanes) is 26. The number of allylic oxidation sites excluding steroid dienone is 6. The maximum Gasteiger partial charge on any atom is 0.306 e. The van der Waals surface area contributed by atoms with E-state index in [-0.39, 0.29) is 31.1 Å². The molecule has 0 aliphatic rings. The molecule has 326 valence electrons. The molecule has 0 aromatic heterocycles. The molecule has 0 amide bonds. The number of carbonyl (C=O) groups is 3. The Morgan fingerprint density at radius 2 is 0.696 bits per heavy atom. The number of hydrogen-bond acceptors (Lipinski definition) is 6. The highest BCUT2D eigenvalue weighted by atomic mass is 16.6. The van der Waals surface area contributed by atoms with Gasteiger partial charge in [-0.1, -0.05) is 192 Å². The summed E-state index contributed by atoms with van der Waals surface area (Å²) in [5, 5.41) is 0. The quantitative estimate of drug-likeness (QED) is 0.0265. The topological polar surface area (TPSA) is 78.9 Å². The highest BCUT2D eigenvalue weighted by molar-refractivity contribution is 5.71. The van der Waals surface area contributed by atoms with E-state index in [0.717, 1.165) is 89.9 Å². The van der Waals surface area contributed by atoms with Gasteiger partial charge >= 0.3 is 17.9 Å². The molecule has 0 bridgehead atoms. The smallest absolute Gasteiger partial charge is 0.306 e. The van der Waals surface area contributed by atoms with Crippen molar-refractivity contribution in [3.63, 3.8) is 0 Å². The fraction of sp³-hybridized carbons (Fsp3) is 0.820. The van der Waals surface area contributed by atoms with Crippen molar-refractivity contribution in [3.8, 4) is 0 Å². The molecule has 0 heterocycles. The summed E-state index contributed by atoms with van der Waals surface area (Å²) in [5.41, 5.74) is 0. The number of rotatable bonds is 43. The molecule has 0 fully saturated rings. The van der Waals surface area contributed by atoms with E-state index in [1.54, 1.807) is 0 Å². The summed E-state index contributed by atoms with van der Waals surface area (Å²) in [7, 11) is 0. The zero-order chi connectivity index (χ0) is 40.8. The van der Waals surface area contributed by atoms with Gasteiger partial charge in [0.15, 0.2) is 6.10 Å². The van der Waals surface area contributed by atoms with Crippen LogP contribution in [0.3, 0.4) is 0 Å². The van der Waals surface area contributed by atoms with E-state index >= 15 is 0 Å². The van der Waals surface area contributed by atoms with Crippen LogP contribution in [0.15, 0.2) is 36.5 Å². The molecule has 0 aliphatic heterocycles. The lowest BCUT2D eigenvalue weighted by molar-refractivity contribution is -0.167. The van der Waals surface area contributed by atoms with Gasteiger partial charge < -0.3 is 14.2 Å². The normalized spacial score (nSPS) is 12.3. The van der Waals surface area contributed by atoms with Crippen molar-refractivity contribution < 1.29 is 28.6 Å². The standard InChI is InChI=1S/C50H90O6/c1-4-7-10-13-16-19-22-24-26-28-31-34-37-40-43-49(52)55-46-47(45-54-48(51)42-39-36-33-30-21-18-15-12-9-6-3)56-50(53)44-41-38-35-32-29-27-25-23-20-17-14-11-8-5-2/h7,10,16,19,27,29,47H,4-6,8-9,11-15,17-18,20-26,28,30-46H2,1-3H3/b10-7-,19-16-,29-27-. The Hall–Kier alpha value is -2.37. The SMILES string of the molecule is CC/C=C\C/C=C\CCCCCCCCCC(=O)OCC(COC(=O)CCCCCCCCCCCC)OC(=O)CCCCC/C=C\CCCCCCCCC. The van der Waals surface area contributed by atoms with Crippen LogP contribution in [-0.4, -0.2) is 37.2 Å². The highest BCUT2D eigenvalue weighted by Crippen LogP contribution is 2.14. The van der Waals surface area contributed by atoms with E-state index in [4.69, 9.17) is 14.2 Å². The summed E-state index contributed by atoms with van der Waals surface area (Å²) in [6.07, 6.45) is 51.2. The molecule has 0 aromatic rings. The lowest BCUT2D eigenvalue weighted by atomic mass is 10.1. The number of hydrogen-bond donors (Lipinski definition) is 0. The average molecular weight is 787 g/mol. The molecule has 0 saturated carbocycles. The van der Waals surface area contributed by atoms with E-state index in [0.29, 0.717) is 19.3 Å². The van der Waals surface area contributed by atoms with Gasteiger partial charge in [0.05, 0.1) is 0 Å². The minimum atomic E-state index is -0.777. The van der Waals surface area contributed by atoms with Gasteiger partial charge in [0.25, 0.3) is 0 Å². The Balaban J connectivity index is 4.38. The van der Waals surface area contributed by atoms with Crippen molar-refractivity contribution in [1.29, 1.82) is 0 Å². The number of carbonyl (C=O) groups excluding carboxylic acids is 3. The van der Waals surface area contributed by atoms with Crippen LogP contribution in [0.1, 0.15) is 245 Å². The highest BCUT2D eigenvalue weighted by Gasteiger charge is 2.19.